The van der Waals surface area contributed by atoms with E-state index in [-0.39, 0.29) is 35.6 Å². The largest absolute Gasteiger partial charge is 0.479 e. The van der Waals surface area contributed by atoms with E-state index >= 15 is 0 Å². The zero-order valence-corrected chi connectivity index (χ0v) is 25.4. The van der Waals surface area contributed by atoms with E-state index < -0.39 is 71.1 Å². The summed E-state index contributed by atoms with van der Waals surface area (Å²) in [5, 5.41) is 14.8. The summed E-state index contributed by atoms with van der Waals surface area (Å²) >= 11 is 0. The number of fused-ring (bicyclic) bond motifs is 1. The lowest BCUT2D eigenvalue weighted by Gasteiger charge is -2.30. The van der Waals surface area contributed by atoms with Crippen molar-refractivity contribution in [2.75, 3.05) is 23.3 Å². The second-order valence-electron chi connectivity index (χ2n) is 12.5. The fraction of sp³-hybridized carbons (Fsp3) is 0.500. The van der Waals surface area contributed by atoms with Crippen molar-refractivity contribution in [3.8, 4) is 0 Å². The Kier molecular flexibility index (Phi) is 8.61. The maximum absolute atomic E-state index is 14.9. The third-order valence-electron chi connectivity index (χ3n) is 6.63. The number of anilines is 2. The summed E-state index contributed by atoms with van der Waals surface area (Å²) in [6, 6.07) is 1.77. The number of nitrogens with one attached hydrogen (secondary N) is 2. The molecule has 2 amide bonds. The van der Waals surface area contributed by atoms with Crippen molar-refractivity contribution in [3.05, 3.63) is 41.7 Å². The number of hydrogen-bond donors (Lipinski definition) is 3. The molecule has 244 valence electrons. The number of alkyl halides is 3. The number of amides is 2. The molecule has 1 fully saturated rings. The van der Waals surface area contributed by atoms with Crippen LogP contribution >= 0.6 is 0 Å². The maximum Gasteiger partial charge on any atom is 0.419 e. The highest BCUT2D eigenvalue weighted by Gasteiger charge is 2.48. The van der Waals surface area contributed by atoms with Gasteiger partial charge in [0.05, 0.1) is 25.0 Å². The van der Waals surface area contributed by atoms with Gasteiger partial charge in [-0.05, 0) is 53.7 Å². The van der Waals surface area contributed by atoms with Gasteiger partial charge in [-0.15, -0.1) is 0 Å². The van der Waals surface area contributed by atoms with Crippen LogP contribution in [-0.4, -0.2) is 72.6 Å². The van der Waals surface area contributed by atoms with Gasteiger partial charge in [0.25, 0.3) is 0 Å². The normalized spacial score (nSPS) is 17.3. The lowest BCUT2D eigenvalue weighted by molar-refractivity contribution is -0.144. The molecule has 1 aromatic carbocycles. The molecular weight excluding hydrogens is 606 g/mol. The Morgan fingerprint density at radius 2 is 1.64 bits per heavy atom. The Balaban J connectivity index is 1.73. The summed E-state index contributed by atoms with van der Waals surface area (Å²) < 4.78 is 69.5. The number of nitrogens with zero attached hydrogens (tertiary/aromatic N) is 5. The van der Waals surface area contributed by atoms with Gasteiger partial charge in [0.15, 0.2) is 22.5 Å². The SMILES string of the molecule is CC(C)(C)OC(=O)Nc1ncnc2c1ncn2Cc1c(N2CCC(NC(=O)OC(C)(C)C)(C(=O)O)C2)ccc(F)c1C(F)(F)F. The highest BCUT2D eigenvalue weighted by atomic mass is 19.4. The number of aromatic nitrogens is 4. The molecule has 0 spiro atoms. The minimum absolute atomic E-state index is 0.0206. The highest BCUT2D eigenvalue weighted by molar-refractivity contribution is 5.93. The standard InChI is InChI=1S/C28H33F4N7O6/c1-25(2,3)44-23(42)36-20-19-21(34-13-33-20)39(14-35-19)11-15-17(8-7-16(29)18(15)28(30,31)32)38-10-9-27(12-38,22(40)41)37-24(43)45-26(4,5)6/h7-8,13-14H,9-12H2,1-6H3,(H,37,43)(H,40,41)(H,33,34,36,42). The van der Waals surface area contributed by atoms with Gasteiger partial charge in [-0.3, -0.25) is 5.32 Å². The van der Waals surface area contributed by atoms with Crippen molar-refractivity contribution in [1.82, 2.24) is 24.8 Å². The molecule has 0 bridgehead atoms. The zero-order valence-electron chi connectivity index (χ0n) is 25.4. The summed E-state index contributed by atoms with van der Waals surface area (Å²) in [6.45, 7) is 8.60. The van der Waals surface area contributed by atoms with Gasteiger partial charge >= 0.3 is 24.3 Å². The number of rotatable bonds is 6. The van der Waals surface area contributed by atoms with Crippen molar-refractivity contribution in [2.45, 2.75) is 77.4 Å². The van der Waals surface area contributed by atoms with E-state index in [1.54, 1.807) is 41.5 Å². The molecule has 1 aliphatic heterocycles. The van der Waals surface area contributed by atoms with Gasteiger partial charge in [-0.1, -0.05) is 0 Å². The quantitative estimate of drug-likeness (QED) is 0.315. The predicted molar refractivity (Wildman–Crippen MR) is 152 cm³/mol. The molecule has 3 aromatic rings. The zero-order chi connectivity index (χ0) is 33.5. The van der Waals surface area contributed by atoms with E-state index in [0.29, 0.717) is 6.07 Å². The fourth-order valence-electron chi connectivity index (χ4n) is 4.87. The number of imidazole rings is 1. The van der Waals surface area contributed by atoms with E-state index in [1.165, 1.54) is 9.47 Å². The first kappa shape index (κ1) is 33.2. The highest BCUT2D eigenvalue weighted by Crippen LogP contribution is 2.41. The van der Waals surface area contributed by atoms with E-state index in [1.807, 2.05) is 0 Å². The molecule has 1 unspecified atom stereocenters. The first-order chi connectivity index (χ1) is 20.7. The average molecular weight is 640 g/mol. The smallest absolute Gasteiger partial charge is 0.419 e. The molecule has 1 aliphatic rings. The number of hydrogen-bond acceptors (Lipinski definition) is 9. The monoisotopic (exact) mass is 639 g/mol. The van der Waals surface area contributed by atoms with Crippen LogP contribution in [0.2, 0.25) is 0 Å². The van der Waals surface area contributed by atoms with Crippen molar-refractivity contribution >= 4 is 40.8 Å². The van der Waals surface area contributed by atoms with Crippen LogP contribution in [0.25, 0.3) is 11.2 Å². The molecule has 13 nitrogen and oxygen atoms in total. The fourth-order valence-corrected chi connectivity index (χ4v) is 4.87. The van der Waals surface area contributed by atoms with Crippen LogP contribution in [0.1, 0.15) is 59.1 Å². The molecule has 0 saturated carbocycles. The minimum atomic E-state index is -5.14. The van der Waals surface area contributed by atoms with Crippen LogP contribution in [0.4, 0.5) is 38.7 Å². The number of carboxylic acid groups (broad SMARTS) is 1. The van der Waals surface area contributed by atoms with Crippen LogP contribution in [0.15, 0.2) is 24.8 Å². The van der Waals surface area contributed by atoms with E-state index in [2.05, 4.69) is 25.6 Å². The van der Waals surface area contributed by atoms with Crippen LogP contribution in [0, 0.1) is 5.82 Å². The predicted octanol–water partition coefficient (Wildman–Crippen LogP) is 4.94. The summed E-state index contributed by atoms with van der Waals surface area (Å²) in [7, 11) is 0. The number of aliphatic carboxylic acids is 1. The number of benzene rings is 1. The Morgan fingerprint density at radius 3 is 2.24 bits per heavy atom. The van der Waals surface area contributed by atoms with Crippen molar-refractivity contribution in [3.63, 3.8) is 0 Å². The van der Waals surface area contributed by atoms with Gasteiger partial charge in [-0.2, -0.15) is 13.2 Å². The minimum Gasteiger partial charge on any atom is -0.479 e. The molecule has 1 atom stereocenters. The van der Waals surface area contributed by atoms with Gasteiger partial charge in [0.2, 0.25) is 0 Å². The van der Waals surface area contributed by atoms with Crippen LogP contribution in [0.3, 0.4) is 0 Å². The molecule has 3 heterocycles. The summed E-state index contributed by atoms with van der Waals surface area (Å²) in [5.74, 6) is -3.02. The third-order valence-corrected chi connectivity index (χ3v) is 6.63. The molecule has 4 rings (SSSR count). The molecule has 3 N–H and O–H groups in total. The Morgan fingerprint density at radius 1 is 1.00 bits per heavy atom. The molecule has 0 aliphatic carbocycles. The van der Waals surface area contributed by atoms with Gasteiger partial charge in [0.1, 0.15) is 23.3 Å². The maximum atomic E-state index is 14.9. The number of alkyl carbamates (subject to hydrolysis) is 1. The number of carboxylic acids is 1. The molecular formula is C28H33F4N7O6. The van der Waals surface area contributed by atoms with E-state index in [0.717, 1.165) is 18.7 Å². The second-order valence-corrected chi connectivity index (χ2v) is 12.5. The van der Waals surface area contributed by atoms with Gasteiger partial charge < -0.3 is 29.4 Å². The van der Waals surface area contributed by atoms with Crippen LogP contribution < -0.4 is 15.5 Å². The van der Waals surface area contributed by atoms with Crippen LogP contribution in [0.5, 0.6) is 0 Å². The first-order valence-electron chi connectivity index (χ1n) is 13.7. The number of halogens is 4. The molecule has 0 radical (unpaired) electrons. The van der Waals surface area contributed by atoms with Gasteiger partial charge in [0, 0.05) is 24.2 Å². The van der Waals surface area contributed by atoms with E-state index in [4.69, 9.17) is 9.47 Å². The second kappa shape index (κ2) is 11.7. The van der Waals surface area contributed by atoms with Crippen LogP contribution in [-0.2, 0) is 27.0 Å². The van der Waals surface area contributed by atoms with Gasteiger partial charge in [-0.25, -0.2) is 33.7 Å². The average Bonchev–Trinajstić information content (AvgIpc) is 3.47. The van der Waals surface area contributed by atoms with Crippen molar-refractivity contribution in [2.24, 2.45) is 0 Å². The molecule has 45 heavy (non-hydrogen) atoms. The van der Waals surface area contributed by atoms with Crippen molar-refractivity contribution in [1.29, 1.82) is 0 Å². The lowest BCUT2D eigenvalue weighted by Crippen LogP contribution is -2.57. The molecule has 1 saturated heterocycles. The summed E-state index contributed by atoms with van der Waals surface area (Å²) in [4.78, 5) is 50.7. The lowest BCUT2D eigenvalue weighted by atomic mass is 9.99. The number of ether oxygens (including phenoxy) is 2. The topological polar surface area (TPSA) is 161 Å². The number of carbonyl (C=O) groups excluding carboxylic acids is 2. The number of carbonyl (C=O) groups is 3. The Hall–Kier alpha value is -4.70. The first-order valence-corrected chi connectivity index (χ1v) is 13.7. The summed E-state index contributed by atoms with van der Waals surface area (Å²) in [5.41, 5.74) is -5.81. The Bertz CT molecular complexity index is 1630. The molecule has 2 aromatic heterocycles. The molecule has 17 heteroatoms. The van der Waals surface area contributed by atoms with E-state index in [9.17, 15) is 37.1 Å². The Labute approximate surface area is 254 Å². The van der Waals surface area contributed by atoms with Crippen molar-refractivity contribution < 1.29 is 46.5 Å². The summed E-state index contributed by atoms with van der Waals surface area (Å²) in [6.07, 6.45) is -4.95. The third kappa shape index (κ3) is 7.51.